The number of halogens is 1. The van der Waals surface area contributed by atoms with Gasteiger partial charge in [0.05, 0.1) is 0 Å². The molecule has 0 spiro atoms. The number of nitrogens with one attached hydrogen (secondary N) is 1. The molecule has 7 heteroatoms. The highest BCUT2D eigenvalue weighted by molar-refractivity contribution is 9.10. The number of nitrogens with zero attached hydrogens (tertiary/aromatic N) is 1. The molecule has 1 heterocycles. The fourth-order valence-electron chi connectivity index (χ4n) is 2.52. The van der Waals surface area contributed by atoms with Crippen LogP contribution in [0.5, 0.6) is 0 Å². The Kier molecular flexibility index (Phi) is 5.33. The second-order valence-electron chi connectivity index (χ2n) is 5.23. The van der Waals surface area contributed by atoms with Gasteiger partial charge >= 0.3 is 0 Å². The van der Waals surface area contributed by atoms with Crippen molar-refractivity contribution < 1.29 is 9.59 Å². The van der Waals surface area contributed by atoms with Crippen LogP contribution in [-0.4, -0.2) is 29.8 Å². The Morgan fingerprint density at radius 2 is 2.00 bits per heavy atom. The van der Waals surface area contributed by atoms with Crippen molar-refractivity contribution in [2.24, 2.45) is 17.5 Å². The first-order chi connectivity index (χ1) is 10.0. The number of piperidine rings is 1. The van der Waals surface area contributed by atoms with Crippen LogP contribution in [0.25, 0.3) is 0 Å². The number of benzene rings is 1. The van der Waals surface area contributed by atoms with E-state index in [1.165, 1.54) is 0 Å². The summed E-state index contributed by atoms with van der Waals surface area (Å²) in [6, 6.07) is 5.42. The van der Waals surface area contributed by atoms with Crippen molar-refractivity contribution >= 4 is 27.7 Å². The molecular weight excluding hydrogens is 336 g/mol. The smallest absolute Gasteiger partial charge is 0.265 e. The molecule has 0 aromatic heterocycles. The molecule has 1 aromatic carbocycles. The van der Waals surface area contributed by atoms with Gasteiger partial charge in [-0.25, -0.2) is 5.84 Å². The third-order valence-corrected chi connectivity index (χ3v) is 4.57. The molecule has 6 nitrogen and oxygen atoms in total. The highest BCUT2D eigenvalue weighted by atomic mass is 79.9. The van der Waals surface area contributed by atoms with E-state index in [9.17, 15) is 9.59 Å². The number of rotatable bonds is 4. The summed E-state index contributed by atoms with van der Waals surface area (Å²) < 4.78 is 0.876. The number of carbonyl (C=O) groups excluding carboxylic acids is 2. The summed E-state index contributed by atoms with van der Waals surface area (Å²) in [5.74, 6) is 4.60. The first-order valence-electron chi connectivity index (χ1n) is 6.82. The van der Waals surface area contributed by atoms with Crippen LogP contribution in [0.4, 0.5) is 0 Å². The van der Waals surface area contributed by atoms with Gasteiger partial charge in [-0.2, -0.15) is 0 Å². The summed E-state index contributed by atoms with van der Waals surface area (Å²) in [6.45, 7) is 2.48. The minimum absolute atomic E-state index is 0.000293. The number of primary amides is 1. The van der Waals surface area contributed by atoms with Gasteiger partial charge < -0.3 is 5.73 Å². The van der Waals surface area contributed by atoms with Crippen LogP contribution < -0.4 is 17.0 Å². The minimum atomic E-state index is -0.315. The van der Waals surface area contributed by atoms with E-state index in [1.807, 2.05) is 6.07 Å². The van der Waals surface area contributed by atoms with E-state index >= 15 is 0 Å². The van der Waals surface area contributed by atoms with Crippen LogP contribution in [0.3, 0.4) is 0 Å². The van der Waals surface area contributed by atoms with Crippen molar-refractivity contribution in [3.8, 4) is 0 Å². The number of hydrogen-bond donors (Lipinski definition) is 3. The SMILES string of the molecule is NNC(=O)c1ccc(CN2CCC(C(N)=O)CC2)c(Br)c1. The first kappa shape index (κ1) is 15.9. The average Bonchev–Trinajstić information content (AvgIpc) is 2.49. The molecule has 1 aliphatic heterocycles. The van der Waals surface area contributed by atoms with Crippen molar-refractivity contribution in [2.75, 3.05) is 13.1 Å². The zero-order valence-corrected chi connectivity index (χ0v) is 13.2. The molecule has 0 unspecified atom stereocenters. The van der Waals surface area contributed by atoms with E-state index in [2.05, 4.69) is 26.3 Å². The van der Waals surface area contributed by atoms with Gasteiger partial charge in [-0.15, -0.1) is 0 Å². The van der Waals surface area contributed by atoms with Crippen molar-refractivity contribution in [1.82, 2.24) is 10.3 Å². The number of nitrogens with two attached hydrogens (primary N) is 2. The van der Waals surface area contributed by atoms with E-state index < -0.39 is 0 Å². The Morgan fingerprint density at radius 1 is 1.33 bits per heavy atom. The molecule has 0 atom stereocenters. The molecule has 1 aliphatic rings. The predicted molar refractivity (Wildman–Crippen MR) is 83.0 cm³/mol. The Balaban J connectivity index is 1.98. The second-order valence-corrected chi connectivity index (χ2v) is 6.09. The standard InChI is InChI=1S/C14H19BrN4O2/c15-12-7-10(14(21)18-17)1-2-11(12)8-19-5-3-9(4-6-19)13(16)20/h1-2,7,9H,3-6,8,17H2,(H2,16,20)(H,18,21). The third-order valence-electron chi connectivity index (χ3n) is 3.83. The molecule has 1 aromatic rings. The van der Waals surface area contributed by atoms with Crippen molar-refractivity contribution in [2.45, 2.75) is 19.4 Å². The minimum Gasteiger partial charge on any atom is -0.369 e. The Bertz CT molecular complexity index is 542. The zero-order chi connectivity index (χ0) is 15.4. The highest BCUT2D eigenvalue weighted by Gasteiger charge is 2.23. The molecule has 2 amide bonds. The monoisotopic (exact) mass is 354 g/mol. The number of carbonyl (C=O) groups is 2. The summed E-state index contributed by atoms with van der Waals surface area (Å²) in [7, 11) is 0. The lowest BCUT2D eigenvalue weighted by Gasteiger charge is -2.30. The lowest BCUT2D eigenvalue weighted by atomic mass is 9.96. The summed E-state index contributed by atoms with van der Waals surface area (Å²) in [6.07, 6.45) is 1.61. The summed E-state index contributed by atoms with van der Waals surface area (Å²) in [4.78, 5) is 24.9. The van der Waals surface area contributed by atoms with Gasteiger partial charge in [0.25, 0.3) is 5.91 Å². The number of hydrogen-bond acceptors (Lipinski definition) is 4. The Labute approximate surface area is 131 Å². The normalized spacial score (nSPS) is 16.7. The Morgan fingerprint density at radius 3 is 2.52 bits per heavy atom. The van der Waals surface area contributed by atoms with Crippen LogP contribution in [-0.2, 0) is 11.3 Å². The lowest BCUT2D eigenvalue weighted by molar-refractivity contribution is -0.123. The molecule has 2 rings (SSSR count). The highest BCUT2D eigenvalue weighted by Crippen LogP contribution is 2.23. The molecule has 1 saturated heterocycles. The largest absolute Gasteiger partial charge is 0.369 e. The number of likely N-dealkylation sites (tertiary alicyclic amines) is 1. The van der Waals surface area contributed by atoms with E-state index in [0.29, 0.717) is 5.56 Å². The molecular formula is C14H19BrN4O2. The quantitative estimate of drug-likeness (QED) is 0.421. The molecule has 0 radical (unpaired) electrons. The van der Waals surface area contributed by atoms with Gasteiger partial charge in [0.15, 0.2) is 0 Å². The topological polar surface area (TPSA) is 101 Å². The lowest BCUT2D eigenvalue weighted by Crippen LogP contribution is -2.38. The number of hydrazine groups is 1. The van der Waals surface area contributed by atoms with Gasteiger partial charge in [-0.1, -0.05) is 22.0 Å². The third kappa shape index (κ3) is 4.03. The van der Waals surface area contributed by atoms with Crippen molar-refractivity contribution in [3.05, 3.63) is 33.8 Å². The maximum Gasteiger partial charge on any atom is 0.265 e. The van der Waals surface area contributed by atoms with Crippen LogP contribution in [0.1, 0.15) is 28.8 Å². The zero-order valence-electron chi connectivity index (χ0n) is 11.6. The molecule has 0 aliphatic carbocycles. The van der Waals surface area contributed by atoms with Gasteiger partial charge in [0.1, 0.15) is 0 Å². The van der Waals surface area contributed by atoms with E-state index in [0.717, 1.165) is 42.5 Å². The molecule has 1 fully saturated rings. The van der Waals surface area contributed by atoms with Crippen LogP contribution >= 0.6 is 15.9 Å². The molecule has 21 heavy (non-hydrogen) atoms. The second kappa shape index (κ2) is 7.02. The number of amides is 2. The molecule has 5 N–H and O–H groups in total. The summed E-state index contributed by atoms with van der Waals surface area (Å²) in [5.41, 5.74) is 9.06. The predicted octanol–water partition coefficient (Wildman–Crippen LogP) is 0.750. The number of nitrogen functional groups attached to an aromatic ring is 1. The van der Waals surface area contributed by atoms with Gasteiger partial charge in [0.2, 0.25) is 5.91 Å². The maximum absolute atomic E-state index is 11.5. The van der Waals surface area contributed by atoms with E-state index in [1.54, 1.807) is 12.1 Å². The van der Waals surface area contributed by atoms with Gasteiger partial charge in [-0.05, 0) is 43.6 Å². The summed E-state index contributed by atoms with van der Waals surface area (Å²) in [5, 5.41) is 0. The van der Waals surface area contributed by atoms with Crippen LogP contribution in [0.15, 0.2) is 22.7 Å². The van der Waals surface area contributed by atoms with Gasteiger partial charge in [-0.3, -0.25) is 19.9 Å². The fourth-order valence-corrected chi connectivity index (χ4v) is 3.02. The average molecular weight is 355 g/mol. The van der Waals surface area contributed by atoms with Crippen LogP contribution in [0, 0.1) is 5.92 Å². The first-order valence-corrected chi connectivity index (χ1v) is 7.61. The van der Waals surface area contributed by atoms with E-state index in [-0.39, 0.29) is 17.7 Å². The molecule has 0 bridgehead atoms. The fraction of sp³-hybridized carbons (Fsp3) is 0.429. The van der Waals surface area contributed by atoms with Crippen molar-refractivity contribution in [3.63, 3.8) is 0 Å². The van der Waals surface area contributed by atoms with Crippen LogP contribution in [0.2, 0.25) is 0 Å². The molecule has 114 valence electrons. The summed E-state index contributed by atoms with van der Waals surface area (Å²) >= 11 is 3.48. The van der Waals surface area contributed by atoms with E-state index in [4.69, 9.17) is 11.6 Å². The molecule has 0 saturated carbocycles. The van der Waals surface area contributed by atoms with Crippen molar-refractivity contribution in [1.29, 1.82) is 0 Å². The maximum atomic E-state index is 11.5. The Hall–Kier alpha value is -1.44. The van der Waals surface area contributed by atoms with Gasteiger partial charge in [0, 0.05) is 22.5 Å².